The summed E-state index contributed by atoms with van der Waals surface area (Å²) >= 11 is 1.62. The lowest BCUT2D eigenvalue weighted by Crippen LogP contribution is -1.80. The van der Waals surface area contributed by atoms with Gasteiger partial charge in [0.2, 0.25) is 0 Å². The Morgan fingerprint density at radius 3 is 2.55 bits per heavy atom. The van der Waals surface area contributed by atoms with Gasteiger partial charge in [0, 0.05) is 4.88 Å². The molecule has 0 fully saturated rings. The number of carbonyl (C=O) groups is 1. The summed E-state index contributed by atoms with van der Waals surface area (Å²) in [6.07, 6.45) is 3.01. The molecule has 2 heteroatoms. The van der Waals surface area contributed by atoms with Crippen LogP contribution in [0.4, 0.5) is 0 Å². The van der Waals surface area contributed by atoms with E-state index in [0.29, 0.717) is 0 Å². The second-order valence-electron chi connectivity index (χ2n) is 2.42. The van der Waals surface area contributed by atoms with Crippen LogP contribution in [0, 0.1) is 0 Å². The minimum atomic E-state index is 0.860. The molecule has 0 saturated heterocycles. The van der Waals surface area contributed by atoms with Crippen molar-refractivity contribution in [1.82, 2.24) is 0 Å². The van der Waals surface area contributed by atoms with Crippen molar-refractivity contribution in [3.05, 3.63) is 21.4 Å². The van der Waals surface area contributed by atoms with Crippen molar-refractivity contribution in [3.63, 3.8) is 0 Å². The lowest BCUT2D eigenvalue weighted by molar-refractivity contribution is 0.112. The predicted octanol–water partition coefficient (Wildman–Crippen LogP) is 2.69. The number of aldehydes is 1. The Kier molecular flexibility index (Phi) is 2.83. The number of rotatable bonds is 3. The first-order chi connectivity index (χ1) is 5.31. The normalized spacial score (nSPS) is 10.0. The van der Waals surface area contributed by atoms with Crippen LogP contribution in [0.1, 0.15) is 34.0 Å². The Hall–Kier alpha value is -0.630. The smallest absolute Gasteiger partial charge is 0.160 e. The zero-order valence-electron chi connectivity index (χ0n) is 6.89. The number of thiophene rings is 1. The largest absolute Gasteiger partial charge is 0.297 e. The van der Waals surface area contributed by atoms with Crippen LogP contribution in [0.5, 0.6) is 0 Å². The molecule has 0 unspecified atom stereocenters. The number of hydrogen-bond acceptors (Lipinski definition) is 2. The quantitative estimate of drug-likeness (QED) is 0.634. The Labute approximate surface area is 71.1 Å². The summed E-state index contributed by atoms with van der Waals surface area (Å²) < 4.78 is 0. The first kappa shape index (κ1) is 8.47. The van der Waals surface area contributed by atoms with Gasteiger partial charge < -0.3 is 0 Å². The molecular weight excluding hydrogens is 156 g/mol. The molecule has 0 aliphatic heterocycles. The number of carbonyl (C=O) groups excluding carboxylic acids is 1. The van der Waals surface area contributed by atoms with Crippen LogP contribution in [0.3, 0.4) is 0 Å². The van der Waals surface area contributed by atoms with E-state index in [1.807, 2.05) is 6.07 Å². The minimum absolute atomic E-state index is 0.860. The van der Waals surface area contributed by atoms with Gasteiger partial charge in [-0.3, -0.25) is 4.79 Å². The van der Waals surface area contributed by atoms with E-state index in [1.54, 1.807) is 11.3 Å². The first-order valence-electron chi connectivity index (χ1n) is 3.88. The topological polar surface area (TPSA) is 17.1 Å². The van der Waals surface area contributed by atoms with Gasteiger partial charge in [-0.25, -0.2) is 0 Å². The molecule has 1 aromatic rings. The van der Waals surface area contributed by atoms with E-state index in [-0.39, 0.29) is 0 Å². The van der Waals surface area contributed by atoms with Crippen molar-refractivity contribution in [1.29, 1.82) is 0 Å². The molecule has 0 spiro atoms. The van der Waals surface area contributed by atoms with Crippen molar-refractivity contribution in [2.45, 2.75) is 26.7 Å². The standard InChI is InChI=1S/C9H12OS/c1-3-7-5-8(6-10)11-9(7)4-2/h5-6H,3-4H2,1-2H3. The molecule has 0 aliphatic rings. The summed E-state index contributed by atoms with van der Waals surface area (Å²) in [6.45, 7) is 4.25. The third-order valence-corrected chi connectivity index (χ3v) is 2.98. The van der Waals surface area contributed by atoms with Crippen LogP contribution in [-0.2, 0) is 12.8 Å². The van der Waals surface area contributed by atoms with E-state index in [1.165, 1.54) is 10.4 Å². The van der Waals surface area contributed by atoms with Gasteiger partial charge in [0.1, 0.15) is 0 Å². The maximum atomic E-state index is 10.4. The minimum Gasteiger partial charge on any atom is -0.297 e. The third-order valence-electron chi connectivity index (χ3n) is 1.73. The molecule has 0 amide bonds. The van der Waals surface area contributed by atoms with Gasteiger partial charge in [0.25, 0.3) is 0 Å². The van der Waals surface area contributed by atoms with Gasteiger partial charge in [-0.2, -0.15) is 0 Å². The maximum Gasteiger partial charge on any atom is 0.160 e. The fraction of sp³-hybridized carbons (Fsp3) is 0.444. The van der Waals surface area contributed by atoms with E-state index in [0.717, 1.165) is 24.0 Å². The van der Waals surface area contributed by atoms with E-state index in [9.17, 15) is 4.79 Å². The molecule has 0 bridgehead atoms. The van der Waals surface area contributed by atoms with Crippen molar-refractivity contribution in [2.75, 3.05) is 0 Å². The maximum absolute atomic E-state index is 10.4. The zero-order valence-corrected chi connectivity index (χ0v) is 7.70. The highest BCUT2D eigenvalue weighted by atomic mass is 32.1. The van der Waals surface area contributed by atoms with E-state index < -0.39 is 0 Å². The second-order valence-corrected chi connectivity index (χ2v) is 3.59. The average Bonchev–Trinajstić information content (AvgIpc) is 2.46. The van der Waals surface area contributed by atoms with Crippen LogP contribution < -0.4 is 0 Å². The molecule has 0 atom stereocenters. The van der Waals surface area contributed by atoms with E-state index >= 15 is 0 Å². The van der Waals surface area contributed by atoms with Gasteiger partial charge in [-0.15, -0.1) is 11.3 Å². The van der Waals surface area contributed by atoms with Crippen molar-refractivity contribution >= 4 is 17.6 Å². The van der Waals surface area contributed by atoms with E-state index in [4.69, 9.17) is 0 Å². The zero-order chi connectivity index (χ0) is 8.27. The van der Waals surface area contributed by atoms with Gasteiger partial charge in [0.05, 0.1) is 4.88 Å². The van der Waals surface area contributed by atoms with Crippen LogP contribution >= 0.6 is 11.3 Å². The fourth-order valence-electron chi connectivity index (χ4n) is 1.15. The molecule has 0 aromatic carbocycles. The highest BCUT2D eigenvalue weighted by Gasteiger charge is 2.03. The Balaban J connectivity index is 3.01. The molecule has 1 rings (SSSR count). The fourth-order valence-corrected chi connectivity index (χ4v) is 2.16. The third kappa shape index (κ3) is 1.69. The van der Waals surface area contributed by atoms with Gasteiger partial charge in [0.15, 0.2) is 6.29 Å². The predicted molar refractivity (Wildman–Crippen MR) is 48.5 cm³/mol. The monoisotopic (exact) mass is 168 g/mol. The molecule has 1 heterocycles. The highest BCUT2D eigenvalue weighted by Crippen LogP contribution is 2.21. The van der Waals surface area contributed by atoms with Crippen LogP contribution in [0.15, 0.2) is 6.07 Å². The van der Waals surface area contributed by atoms with Crippen molar-refractivity contribution < 1.29 is 4.79 Å². The van der Waals surface area contributed by atoms with Crippen molar-refractivity contribution in [2.24, 2.45) is 0 Å². The number of hydrogen-bond donors (Lipinski definition) is 0. The first-order valence-corrected chi connectivity index (χ1v) is 4.70. The summed E-state index contributed by atoms with van der Waals surface area (Å²) in [5.74, 6) is 0. The average molecular weight is 168 g/mol. The summed E-state index contributed by atoms with van der Waals surface area (Å²) in [4.78, 5) is 12.6. The van der Waals surface area contributed by atoms with Gasteiger partial charge in [-0.05, 0) is 24.5 Å². The van der Waals surface area contributed by atoms with Crippen LogP contribution in [-0.4, -0.2) is 6.29 Å². The molecule has 1 aromatic heterocycles. The Morgan fingerprint density at radius 2 is 2.18 bits per heavy atom. The molecular formula is C9H12OS. The molecule has 0 saturated carbocycles. The molecule has 11 heavy (non-hydrogen) atoms. The van der Waals surface area contributed by atoms with Crippen LogP contribution in [0.2, 0.25) is 0 Å². The summed E-state index contributed by atoms with van der Waals surface area (Å²) in [5, 5.41) is 0. The molecule has 1 nitrogen and oxygen atoms in total. The SMILES string of the molecule is CCc1cc(C=O)sc1CC. The molecule has 0 aliphatic carbocycles. The van der Waals surface area contributed by atoms with Crippen molar-refractivity contribution in [3.8, 4) is 0 Å². The number of aryl methyl sites for hydroxylation is 2. The van der Waals surface area contributed by atoms with Gasteiger partial charge >= 0.3 is 0 Å². The van der Waals surface area contributed by atoms with Crippen LogP contribution in [0.25, 0.3) is 0 Å². The lowest BCUT2D eigenvalue weighted by atomic mass is 10.2. The van der Waals surface area contributed by atoms with Gasteiger partial charge in [-0.1, -0.05) is 13.8 Å². The lowest BCUT2D eigenvalue weighted by Gasteiger charge is -1.92. The Morgan fingerprint density at radius 1 is 1.45 bits per heavy atom. The molecule has 0 N–H and O–H groups in total. The summed E-state index contributed by atoms with van der Waals surface area (Å²) in [7, 11) is 0. The van der Waals surface area contributed by atoms with E-state index in [2.05, 4.69) is 13.8 Å². The summed E-state index contributed by atoms with van der Waals surface area (Å²) in [5.41, 5.74) is 1.33. The Bertz CT molecular complexity index is 229. The second kappa shape index (κ2) is 3.67. The molecule has 0 radical (unpaired) electrons. The summed E-state index contributed by atoms with van der Waals surface area (Å²) in [6, 6.07) is 2.00. The highest BCUT2D eigenvalue weighted by molar-refractivity contribution is 7.13. The molecule has 60 valence electrons.